The molecule has 1 N–H and O–H groups in total. The minimum atomic E-state index is -0.594. The van der Waals surface area contributed by atoms with Crippen molar-refractivity contribution in [1.82, 2.24) is 10.2 Å². The van der Waals surface area contributed by atoms with Crippen LogP contribution >= 0.6 is 15.9 Å². The second-order valence-corrected chi connectivity index (χ2v) is 10.8. The maximum absolute atomic E-state index is 13.2. The molecule has 3 rings (SSSR count). The van der Waals surface area contributed by atoms with E-state index in [1.54, 1.807) is 11.8 Å². The number of carbonyl (C=O) groups is 2. The second-order valence-electron chi connectivity index (χ2n) is 9.88. The molecule has 0 saturated heterocycles. The number of hydrogen-bond acceptors (Lipinski definition) is 3. The third kappa shape index (κ3) is 7.32. The van der Waals surface area contributed by atoms with Crippen LogP contribution < -0.4 is 10.1 Å². The summed E-state index contributed by atoms with van der Waals surface area (Å²) >= 11 is 3.49. The van der Waals surface area contributed by atoms with E-state index in [1.807, 2.05) is 48.5 Å². The van der Waals surface area contributed by atoms with Gasteiger partial charge in [-0.1, -0.05) is 73.8 Å². The highest BCUT2D eigenvalue weighted by molar-refractivity contribution is 9.10. The van der Waals surface area contributed by atoms with Gasteiger partial charge in [0.05, 0.1) is 0 Å². The lowest BCUT2D eigenvalue weighted by atomic mass is 9.87. The lowest BCUT2D eigenvalue weighted by Crippen LogP contribution is -2.50. The molecule has 1 aliphatic rings. The van der Waals surface area contributed by atoms with E-state index in [1.165, 1.54) is 5.56 Å². The van der Waals surface area contributed by atoms with Gasteiger partial charge in [0.2, 0.25) is 5.91 Å². The van der Waals surface area contributed by atoms with Crippen molar-refractivity contribution < 1.29 is 14.3 Å². The first kappa shape index (κ1) is 25.3. The van der Waals surface area contributed by atoms with Gasteiger partial charge in [0.15, 0.2) is 6.61 Å². The monoisotopic (exact) mass is 514 g/mol. The Labute approximate surface area is 206 Å². The molecule has 1 saturated carbocycles. The molecule has 1 aliphatic carbocycles. The number of rotatable bonds is 8. The summed E-state index contributed by atoms with van der Waals surface area (Å²) in [5, 5.41) is 3.12. The van der Waals surface area contributed by atoms with E-state index in [9.17, 15) is 9.59 Å². The van der Waals surface area contributed by atoms with Gasteiger partial charge < -0.3 is 15.0 Å². The Hall–Kier alpha value is -2.34. The molecule has 2 aromatic rings. The van der Waals surface area contributed by atoms with Crippen molar-refractivity contribution in [1.29, 1.82) is 0 Å². The van der Waals surface area contributed by atoms with E-state index < -0.39 is 6.04 Å². The van der Waals surface area contributed by atoms with Gasteiger partial charge >= 0.3 is 0 Å². The molecule has 6 heteroatoms. The lowest BCUT2D eigenvalue weighted by Gasteiger charge is -2.29. The second kappa shape index (κ2) is 11.2. The van der Waals surface area contributed by atoms with Crippen molar-refractivity contribution in [3.05, 3.63) is 64.1 Å². The fraction of sp³-hybridized carbons (Fsp3) is 0.481. The zero-order valence-electron chi connectivity index (χ0n) is 20.1. The van der Waals surface area contributed by atoms with Crippen molar-refractivity contribution in [3.63, 3.8) is 0 Å². The molecule has 0 aliphatic heterocycles. The van der Waals surface area contributed by atoms with E-state index in [4.69, 9.17) is 4.74 Å². The van der Waals surface area contributed by atoms with Crippen molar-refractivity contribution in [3.8, 4) is 5.75 Å². The number of nitrogens with one attached hydrogen (secondary N) is 1. The summed E-state index contributed by atoms with van der Waals surface area (Å²) in [7, 11) is 0. The van der Waals surface area contributed by atoms with Gasteiger partial charge in [-0.05, 0) is 60.6 Å². The standard InChI is InChI=1S/C27H35BrN2O3/c1-19(26(32)29-23-10-5-6-11-23)30(17-20-8-7-9-22(28)16-20)25(31)18-33-24-14-12-21(13-15-24)27(2,3)4/h7-9,12-16,19,23H,5-6,10-11,17-18H2,1-4H3,(H,29,32). The van der Waals surface area contributed by atoms with E-state index in [0.717, 1.165) is 35.7 Å². The molecule has 1 fully saturated rings. The molecular formula is C27H35BrN2O3. The Morgan fingerprint density at radius 1 is 1.12 bits per heavy atom. The van der Waals surface area contributed by atoms with Crippen LogP contribution in [0.4, 0.5) is 0 Å². The maximum Gasteiger partial charge on any atom is 0.261 e. The summed E-state index contributed by atoms with van der Waals surface area (Å²) in [4.78, 5) is 27.8. The molecule has 178 valence electrons. The van der Waals surface area contributed by atoms with E-state index in [2.05, 4.69) is 42.0 Å². The Balaban J connectivity index is 1.70. The summed E-state index contributed by atoms with van der Waals surface area (Å²) in [6.07, 6.45) is 4.29. The highest BCUT2D eigenvalue weighted by Crippen LogP contribution is 2.24. The minimum Gasteiger partial charge on any atom is -0.484 e. The first-order chi connectivity index (χ1) is 15.6. The average molecular weight is 515 g/mol. The summed E-state index contributed by atoms with van der Waals surface area (Å²) in [5.74, 6) is 0.311. The van der Waals surface area contributed by atoms with Gasteiger partial charge in [-0.15, -0.1) is 0 Å². The highest BCUT2D eigenvalue weighted by atomic mass is 79.9. The molecule has 1 atom stereocenters. The molecule has 33 heavy (non-hydrogen) atoms. The van der Waals surface area contributed by atoms with Crippen LogP contribution in [0.5, 0.6) is 5.75 Å². The fourth-order valence-electron chi connectivity index (χ4n) is 4.09. The third-order valence-electron chi connectivity index (χ3n) is 6.19. The van der Waals surface area contributed by atoms with Crippen LogP contribution in [0.3, 0.4) is 0 Å². The van der Waals surface area contributed by atoms with Crippen LogP contribution in [-0.4, -0.2) is 35.4 Å². The van der Waals surface area contributed by atoms with E-state index in [0.29, 0.717) is 12.3 Å². The molecule has 0 aromatic heterocycles. The number of ether oxygens (including phenoxy) is 1. The summed E-state index contributed by atoms with van der Waals surface area (Å²) in [5.41, 5.74) is 2.21. The quantitative estimate of drug-likeness (QED) is 0.498. The van der Waals surface area contributed by atoms with Gasteiger partial charge in [-0.25, -0.2) is 0 Å². The summed E-state index contributed by atoms with van der Waals surface area (Å²) in [6.45, 7) is 8.48. The maximum atomic E-state index is 13.2. The van der Waals surface area contributed by atoms with Gasteiger partial charge in [0.1, 0.15) is 11.8 Å². The molecule has 2 aromatic carbocycles. The van der Waals surface area contributed by atoms with Crippen LogP contribution in [0.25, 0.3) is 0 Å². The number of carbonyl (C=O) groups excluding carboxylic acids is 2. The van der Waals surface area contributed by atoms with Gasteiger partial charge in [-0.2, -0.15) is 0 Å². The molecule has 5 nitrogen and oxygen atoms in total. The largest absolute Gasteiger partial charge is 0.484 e. The minimum absolute atomic E-state index is 0.0528. The smallest absolute Gasteiger partial charge is 0.261 e. The number of hydrogen-bond donors (Lipinski definition) is 1. The molecular weight excluding hydrogens is 480 g/mol. The lowest BCUT2D eigenvalue weighted by molar-refractivity contribution is -0.142. The Morgan fingerprint density at radius 2 is 1.79 bits per heavy atom. The van der Waals surface area contributed by atoms with Gasteiger partial charge in [-0.3, -0.25) is 9.59 Å². The SMILES string of the molecule is CC(C(=O)NC1CCCC1)N(Cc1cccc(Br)c1)C(=O)COc1ccc(C(C)(C)C)cc1. The number of halogens is 1. The van der Waals surface area contributed by atoms with Crippen molar-refractivity contribution in [2.45, 2.75) is 77.4 Å². The van der Waals surface area contributed by atoms with Crippen LogP contribution in [0.15, 0.2) is 53.0 Å². The summed E-state index contributed by atoms with van der Waals surface area (Å²) in [6, 6.07) is 15.2. The molecule has 2 amide bonds. The number of benzene rings is 2. The Bertz CT molecular complexity index is 947. The van der Waals surface area contributed by atoms with Gasteiger partial charge in [0, 0.05) is 17.1 Å². The zero-order valence-corrected chi connectivity index (χ0v) is 21.7. The third-order valence-corrected chi connectivity index (χ3v) is 6.69. The van der Waals surface area contributed by atoms with Crippen molar-refractivity contribution in [2.24, 2.45) is 0 Å². The fourth-order valence-corrected chi connectivity index (χ4v) is 4.53. The topological polar surface area (TPSA) is 58.6 Å². The first-order valence-corrected chi connectivity index (χ1v) is 12.5. The van der Waals surface area contributed by atoms with Crippen molar-refractivity contribution >= 4 is 27.7 Å². The molecule has 0 spiro atoms. The first-order valence-electron chi connectivity index (χ1n) is 11.7. The van der Waals surface area contributed by atoms with Crippen molar-refractivity contribution in [2.75, 3.05) is 6.61 Å². The Morgan fingerprint density at radius 3 is 2.39 bits per heavy atom. The highest BCUT2D eigenvalue weighted by Gasteiger charge is 2.28. The van der Waals surface area contributed by atoms with Crippen LogP contribution in [0.1, 0.15) is 64.5 Å². The molecule has 1 unspecified atom stereocenters. The van der Waals surface area contributed by atoms with Crippen LogP contribution in [0.2, 0.25) is 0 Å². The van der Waals surface area contributed by atoms with Gasteiger partial charge in [0.25, 0.3) is 5.91 Å². The normalized spacial score (nSPS) is 15.2. The Kier molecular flexibility index (Phi) is 8.57. The predicted octanol–water partition coefficient (Wildman–Crippen LogP) is 5.60. The zero-order chi connectivity index (χ0) is 24.0. The van der Waals surface area contributed by atoms with E-state index >= 15 is 0 Å². The number of amides is 2. The number of nitrogens with zero attached hydrogens (tertiary/aromatic N) is 1. The average Bonchev–Trinajstić information content (AvgIpc) is 3.28. The molecule has 0 heterocycles. The summed E-state index contributed by atoms with van der Waals surface area (Å²) < 4.78 is 6.74. The molecule has 0 bridgehead atoms. The molecule has 0 radical (unpaired) electrons. The van der Waals surface area contributed by atoms with E-state index in [-0.39, 0.29) is 29.9 Å². The van der Waals surface area contributed by atoms with Crippen LogP contribution in [-0.2, 0) is 21.5 Å². The predicted molar refractivity (Wildman–Crippen MR) is 135 cm³/mol. The van der Waals surface area contributed by atoms with Crippen LogP contribution in [0, 0.1) is 0 Å².